The van der Waals surface area contributed by atoms with Gasteiger partial charge in [0.25, 0.3) is 0 Å². The Kier molecular flexibility index (Phi) is 6.21. The molecule has 0 aromatic heterocycles. The average Bonchev–Trinajstić information content (AvgIpc) is 3.02. The first-order chi connectivity index (χ1) is 13.0. The van der Waals surface area contributed by atoms with Gasteiger partial charge in [-0.25, -0.2) is 4.79 Å². The van der Waals surface area contributed by atoms with Crippen LogP contribution in [0.2, 0.25) is 10.0 Å². The van der Waals surface area contributed by atoms with Crippen molar-refractivity contribution in [1.29, 1.82) is 0 Å². The number of urea groups is 1. The first kappa shape index (κ1) is 19.5. The summed E-state index contributed by atoms with van der Waals surface area (Å²) in [5.74, 6) is -0.309. The maximum Gasteiger partial charge on any atom is 0.318 e. The van der Waals surface area contributed by atoms with Crippen molar-refractivity contribution in [3.63, 3.8) is 0 Å². The van der Waals surface area contributed by atoms with Crippen molar-refractivity contribution < 1.29 is 14.7 Å². The summed E-state index contributed by atoms with van der Waals surface area (Å²) in [6.07, 6.45) is 0. The molecule has 1 aliphatic rings. The first-order valence-corrected chi connectivity index (χ1v) is 9.22. The van der Waals surface area contributed by atoms with Crippen LogP contribution in [0.1, 0.15) is 17.2 Å². The molecule has 1 heterocycles. The fourth-order valence-electron chi connectivity index (χ4n) is 3.04. The Hall–Kier alpha value is -2.28. The van der Waals surface area contributed by atoms with Crippen molar-refractivity contribution in [2.24, 2.45) is 0 Å². The van der Waals surface area contributed by atoms with Crippen LogP contribution in [0.25, 0.3) is 0 Å². The van der Waals surface area contributed by atoms with Crippen LogP contribution in [0.3, 0.4) is 0 Å². The molecular weight excluding hydrogens is 389 g/mol. The number of hydrogen-bond donors (Lipinski definition) is 3. The van der Waals surface area contributed by atoms with Crippen LogP contribution in [-0.4, -0.2) is 47.7 Å². The minimum atomic E-state index is -0.688. The second-order valence-electron chi connectivity index (χ2n) is 6.16. The van der Waals surface area contributed by atoms with Crippen molar-refractivity contribution >= 4 is 35.1 Å². The monoisotopic (exact) mass is 407 g/mol. The third-order valence-corrected chi connectivity index (χ3v) is 4.92. The number of carbonyl (C=O) groups excluding carboxylic acids is 2. The molecule has 0 spiro atoms. The second kappa shape index (κ2) is 8.61. The zero-order valence-electron chi connectivity index (χ0n) is 14.4. The number of aliphatic hydroxyl groups is 1. The lowest BCUT2D eigenvalue weighted by atomic mass is 9.98. The van der Waals surface area contributed by atoms with Gasteiger partial charge < -0.3 is 20.6 Å². The zero-order chi connectivity index (χ0) is 19.4. The van der Waals surface area contributed by atoms with E-state index in [1.54, 1.807) is 24.3 Å². The molecule has 0 radical (unpaired) electrons. The van der Waals surface area contributed by atoms with E-state index in [9.17, 15) is 9.59 Å². The fourth-order valence-corrected chi connectivity index (χ4v) is 3.30. The molecule has 3 N–H and O–H groups in total. The van der Waals surface area contributed by atoms with Crippen LogP contribution in [0.15, 0.2) is 48.5 Å². The van der Waals surface area contributed by atoms with E-state index in [1.807, 2.05) is 24.3 Å². The van der Waals surface area contributed by atoms with Gasteiger partial charge in [0, 0.05) is 23.1 Å². The Morgan fingerprint density at radius 2 is 1.63 bits per heavy atom. The Labute approximate surface area is 167 Å². The minimum Gasteiger partial charge on any atom is -0.395 e. The van der Waals surface area contributed by atoms with E-state index in [-0.39, 0.29) is 31.6 Å². The quantitative estimate of drug-likeness (QED) is 0.687. The largest absolute Gasteiger partial charge is 0.395 e. The molecule has 2 aromatic rings. The Morgan fingerprint density at radius 1 is 1.11 bits per heavy atom. The van der Waals surface area contributed by atoms with E-state index in [4.69, 9.17) is 28.3 Å². The third-order valence-electron chi connectivity index (χ3n) is 4.42. The predicted octanol–water partition coefficient (Wildman–Crippen LogP) is 2.59. The first-order valence-electron chi connectivity index (χ1n) is 8.46. The molecule has 8 heteroatoms. The lowest BCUT2D eigenvalue weighted by Crippen LogP contribution is -2.47. The molecule has 0 saturated carbocycles. The molecule has 1 atom stereocenters. The normalized spacial score (nSPS) is 16.5. The van der Waals surface area contributed by atoms with E-state index in [2.05, 4.69) is 10.6 Å². The molecule has 1 aliphatic heterocycles. The highest BCUT2D eigenvalue weighted by Crippen LogP contribution is 2.25. The van der Waals surface area contributed by atoms with Gasteiger partial charge in [0.15, 0.2) is 0 Å². The van der Waals surface area contributed by atoms with Gasteiger partial charge in [-0.15, -0.1) is 0 Å². The SMILES string of the molecule is O=C(NC(c1ccc(Cl)cc1)c1ccc(Cl)cc1)C1CNC(=O)N1CCO. The Morgan fingerprint density at radius 3 is 2.11 bits per heavy atom. The van der Waals surface area contributed by atoms with Gasteiger partial charge in [0.1, 0.15) is 6.04 Å². The topological polar surface area (TPSA) is 81.7 Å². The summed E-state index contributed by atoms with van der Waals surface area (Å²) in [6.45, 7) is 0.0735. The molecule has 2 aromatic carbocycles. The highest BCUT2D eigenvalue weighted by Gasteiger charge is 2.36. The van der Waals surface area contributed by atoms with E-state index < -0.39 is 12.1 Å². The van der Waals surface area contributed by atoms with Gasteiger partial charge in [0.2, 0.25) is 5.91 Å². The number of carbonyl (C=O) groups is 2. The van der Waals surface area contributed by atoms with Gasteiger partial charge in [-0.3, -0.25) is 4.79 Å². The van der Waals surface area contributed by atoms with Gasteiger partial charge in [0.05, 0.1) is 12.6 Å². The summed E-state index contributed by atoms with van der Waals surface area (Å²) in [4.78, 5) is 26.1. The Bertz CT molecular complexity index is 766. The molecule has 0 aliphatic carbocycles. The molecule has 1 unspecified atom stereocenters. The summed E-state index contributed by atoms with van der Waals surface area (Å²) in [6, 6.07) is 12.9. The molecule has 1 fully saturated rings. The number of nitrogens with zero attached hydrogens (tertiary/aromatic N) is 1. The molecule has 142 valence electrons. The molecule has 1 saturated heterocycles. The summed E-state index contributed by atoms with van der Waals surface area (Å²) in [7, 11) is 0. The number of β-amino-alcohol motifs (C(OH)–C–C–N with tert-alkyl or cyclic N) is 1. The molecule has 27 heavy (non-hydrogen) atoms. The third kappa shape index (κ3) is 4.53. The summed E-state index contributed by atoms with van der Waals surface area (Å²) >= 11 is 12.0. The van der Waals surface area contributed by atoms with E-state index in [1.165, 1.54) is 4.90 Å². The van der Waals surface area contributed by atoms with Gasteiger partial charge in [-0.05, 0) is 35.4 Å². The highest BCUT2D eigenvalue weighted by molar-refractivity contribution is 6.30. The van der Waals surface area contributed by atoms with Crippen LogP contribution in [0.5, 0.6) is 0 Å². The van der Waals surface area contributed by atoms with Crippen molar-refractivity contribution in [3.05, 3.63) is 69.7 Å². The molecule has 0 bridgehead atoms. The number of amides is 3. The summed E-state index contributed by atoms with van der Waals surface area (Å²) < 4.78 is 0. The van der Waals surface area contributed by atoms with Crippen molar-refractivity contribution in [1.82, 2.24) is 15.5 Å². The van der Waals surface area contributed by atoms with Gasteiger partial charge >= 0.3 is 6.03 Å². The second-order valence-corrected chi connectivity index (χ2v) is 7.04. The van der Waals surface area contributed by atoms with Crippen molar-refractivity contribution in [2.45, 2.75) is 12.1 Å². The zero-order valence-corrected chi connectivity index (χ0v) is 15.9. The summed E-state index contributed by atoms with van der Waals surface area (Å²) in [5.41, 5.74) is 1.70. The molecular formula is C19H19Cl2N3O3. The molecule has 6 nitrogen and oxygen atoms in total. The number of hydrogen-bond acceptors (Lipinski definition) is 3. The van der Waals surface area contributed by atoms with E-state index in [0.717, 1.165) is 11.1 Å². The minimum absolute atomic E-state index is 0.0937. The van der Waals surface area contributed by atoms with Gasteiger partial charge in [-0.1, -0.05) is 47.5 Å². The number of aliphatic hydroxyl groups excluding tert-OH is 1. The fraction of sp³-hybridized carbons (Fsp3) is 0.263. The standard InChI is InChI=1S/C19H19Cl2N3O3/c20-14-5-1-12(2-6-14)17(13-3-7-15(21)8-4-13)23-18(26)16-11-22-19(27)24(16)9-10-25/h1-8,16-17,25H,9-11H2,(H,22,27)(H,23,26). The number of benzene rings is 2. The summed E-state index contributed by atoms with van der Waals surface area (Å²) in [5, 5.41) is 16.0. The van der Waals surface area contributed by atoms with Gasteiger partial charge in [-0.2, -0.15) is 0 Å². The van der Waals surface area contributed by atoms with E-state index >= 15 is 0 Å². The predicted molar refractivity (Wildman–Crippen MR) is 104 cm³/mol. The number of nitrogens with one attached hydrogen (secondary N) is 2. The Balaban J connectivity index is 1.87. The van der Waals surface area contributed by atoms with E-state index in [0.29, 0.717) is 10.0 Å². The van der Waals surface area contributed by atoms with Crippen LogP contribution < -0.4 is 10.6 Å². The maximum atomic E-state index is 12.9. The lowest BCUT2D eigenvalue weighted by Gasteiger charge is -2.25. The molecule has 3 rings (SSSR count). The molecule has 3 amide bonds. The van der Waals surface area contributed by atoms with Crippen molar-refractivity contribution in [3.8, 4) is 0 Å². The van der Waals surface area contributed by atoms with Crippen LogP contribution in [0, 0.1) is 0 Å². The van der Waals surface area contributed by atoms with Crippen molar-refractivity contribution in [2.75, 3.05) is 19.7 Å². The van der Waals surface area contributed by atoms with Crippen LogP contribution >= 0.6 is 23.2 Å². The smallest absolute Gasteiger partial charge is 0.318 e. The number of halogens is 2. The van der Waals surface area contributed by atoms with Crippen LogP contribution in [0.4, 0.5) is 4.79 Å². The average molecular weight is 408 g/mol. The maximum absolute atomic E-state index is 12.9. The lowest BCUT2D eigenvalue weighted by molar-refractivity contribution is -0.125. The van der Waals surface area contributed by atoms with Crippen LogP contribution in [-0.2, 0) is 4.79 Å². The highest BCUT2D eigenvalue weighted by atomic mass is 35.5. The number of rotatable bonds is 6.